The Balaban J connectivity index is 2.30. The molecule has 0 saturated carbocycles. The van der Waals surface area contributed by atoms with Gasteiger partial charge in [0.15, 0.2) is 0 Å². The zero-order valence-corrected chi connectivity index (χ0v) is 12.9. The van der Waals surface area contributed by atoms with Crippen molar-refractivity contribution in [1.29, 1.82) is 0 Å². The number of benzene rings is 1. The quantitative estimate of drug-likeness (QED) is 0.920. The van der Waals surface area contributed by atoms with Gasteiger partial charge in [0.25, 0.3) is 5.91 Å². The second kappa shape index (κ2) is 5.75. The van der Waals surface area contributed by atoms with Crippen molar-refractivity contribution < 1.29 is 4.79 Å². The van der Waals surface area contributed by atoms with E-state index in [1.54, 1.807) is 23.0 Å². The van der Waals surface area contributed by atoms with E-state index in [0.29, 0.717) is 27.4 Å². The number of nitrogens with zero attached hydrogens (tertiary/aromatic N) is 2. The number of nitrogens with one attached hydrogen (secondary N) is 1. The fourth-order valence-electron chi connectivity index (χ4n) is 1.74. The van der Waals surface area contributed by atoms with E-state index in [1.165, 1.54) is 0 Å². The van der Waals surface area contributed by atoms with Crippen LogP contribution in [0.1, 0.15) is 23.0 Å². The molecule has 0 aliphatic rings. The van der Waals surface area contributed by atoms with Gasteiger partial charge in [0, 0.05) is 17.3 Å². The molecule has 4 nitrogen and oxygen atoms in total. The van der Waals surface area contributed by atoms with E-state index in [1.807, 2.05) is 19.9 Å². The van der Waals surface area contributed by atoms with Gasteiger partial charge >= 0.3 is 0 Å². The standard InChI is InChI=1S/C13H13BrClN3O/c1-3-18-12(10(14)7-16-18)13(19)17-11-6-9(15)5-4-8(11)2/h4-7H,3H2,1-2H3,(H,17,19). The second-order valence-corrected chi connectivity index (χ2v) is 5.36. The van der Waals surface area contributed by atoms with Crippen molar-refractivity contribution in [2.24, 2.45) is 0 Å². The highest BCUT2D eigenvalue weighted by Gasteiger charge is 2.17. The van der Waals surface area contributed by atoms with Crippen molar-refractivity contribution in [2.45, 2.75) is 20.4 Å². The monoisotopic (exact) mass is 341 g/mol. The predicted molar refractivity (Wildman–Crippen MR) is 79.7 cm³/mol. The highest BCUT2D eigenvalue weighted by atomic mass is 79.9. The largest absolute Gasteiger partial charge is 0.320 e. The smallest absolute Gasteiger partial charge is 0.275 e. The molecule has 1 amide bonds. The molecule has 0 radical (unpaired) electrons. The summed E-state index contributed by atoms with van der Waals surface area (Å²) in [5.74, 6) is -0.211. The van der Waals surface area contributed by atoms with Gasteiger partial charge in [-0.2, -0.15) is 5.10 Å². The summed E-state index contributed by atoms with van der Waals surface area (Å²) in [4.78, 5) is 12.3. The fraction of sp³-hybridized carbons (Fsp3) is 0.231. The molecule has 0 atom stereocenters. The maximum atomic E-state index is 12.3. The number of hydrogen-bond donors (Lipinski definition) is 1. The Morgan fingerprint density at radius 3 is 2.95 bits per heavy atom. The summed E-state index contributed by atoms with van der Waals surface area (Å²) < 4.78 is 2.31. The van der Waals surface area contributed by atoms with Crippen LogP contribution in [0.5, 0.6) is 0 Å². The van der Waals surface area contributed by atoms with Crippen LogP contribution in [-0.4, -0.2) is 15.7 Å². The van der Waals surface area contributed by atoms with Gasteiger partial charge < -0.3 is 5.32 Å². The lowest BCUT2D eigenvalue weighted by molar-refractivity contribution is 0.101. The molecule has 0 bridgehead atoms. The average molecular weight is 343 g/mol. The van der Waals surface area contributed by atoms with Gasteiger partial charge in [-0.3, -0.25) is 9.48 Å². The van der Waals surface area contributed by atoms with Crippen molar-refractivity contribution in [1.82, 2.24) is 9.78 Å². The van der Waals surface area contributed by atoms with Crippen molar-refractivity contribution in [3.05, 3.63) is 45.1 Å². The molecule has 1 aromatic carbocycles. The van der Waals surface area contributed by atoms with E-state index < -0.39 is 0 Å². The lowest BCUT2D eigenvalue weighted by atomic mass is 10.2. The van der Waals surface area contributed by atoms with E-state index in [-0.39, 0.29) is 5.91 Å². The Morgan fingerprint density at radius 1 is 1.53 bits per heavy atom. The number of aryl methyl sites for hydroxylation is 2. The molecular formula is C13H13BrClN3O. The minimum absolute atomic E-state index is 0.211. The number of anilines is 1. The van der Waals surface area contributed by atoms with E-state index >= 15 is 0 Å². The van der Waals surface area contributed by atoms with Crippen molar-refractivity contribution >= 4 is 39.1 Å². The third-order valence-electron chi connectivity index (χ3n) is 2.76. The first-order chi connectivity index (χ1) is 9.02. The van der Waals surface area contributed by atoms with Crippen LogP contribution in [0.4, 0.5) is 5.69 Å². The molecule has 0 fully saturated rings. The number of hydrogen-bond acceptors (Lipinski definition) is 2. The van der Waals surface area contributed by atoms with Gasteiger partial charge in [0.05, 0.1) is 10.7 Å². The van der Waals surface area contributed by atoms with Gasteiger partial charge in [0.1, 0.15) is 5.69 Å². The van der Waals surface area contributed by atoms with Crippen LogP contribution in [0.15, 0.2) is 28.9 Å². The van der Waals surface area contributed by atoms with E-state index in [2.05, 4.69) is 26.3 Å². The summed E-state index contributed by atoms with van der Waals surface area (Å²) in [6.45, 7) is 4.47. The number of carbonyl (C=O) groups is 1. The number of aromatic nitrogens is 2. The highest BCUT2D eigenvalue weighted by molar-refractivity contribution is 9.10. The SMILES string of the molecule is CCn1ncc(Br)c1C(=O)Nc1cc(Cl)ccc1C. The van der Waals surface area contributed by atoms with Crippen LogP contribution in [0.3, 0.4) is 0 Å². The van der Waals surface area contributed by atoms with Crippen LogP contribution in [0, 0.1) is 6.92 Å². The summed E-state index contributed by atoms with van der Waals surface area (Å²) in [7, 11) is 0. The number of halogens is 2. The Kier molecular flexibility index (Phi) is 4.27. The molecule has 2 rings (SSSR count). The van der Waals surface area contributed by atoms with Gasteiger partial charge in [0.2, 0.25) is 0 Å². The van der Waals surface area contributed by atoms with Crippen molar-refractivity contribution in [3.63, 3.8) is 0 Å². The van der Waals surface area contributed by atoms with Crippen molar-refractivity contribution in [3.8, 4) is 0 Å². The Morgan fingerprint density at radius 2 is 2.26 bits per heavy atom. The van der Waals surface area contributed by atoms with Gasteiger partial charge in [-0.05, 0) is 47.5 Å². The van der Waals surface area contributed by atoms with Crippen LogP contribution < -0.4 is 5.32 Å². The lowest BCUT2D eigenvalue weighted by Gasteiger charge is -2.10. The number of rotatable bonds is 3. The predicted octanol–water partition coefficient (Wildman–Crippen LogP) is 3.88. The van der Waals surface area contributed by atoms with E-state index in [9.17, 15) is 4.79 Å². The Hall–Kier alpha value is -1.33. The molecule has 0 saturated heterocycles. The Labute approximate surface area is 124 Å². The number of amides is 1. The summed E-state index contributed by atoms with van der Waals surface area (Å²) in [5.41, 5.74) is 2.16. The fourth-order valence-corrected chi connectivity index (χ4v) is 2.39. The third kappa shape index (κ3) is 2.98. The van der Waals surface area contributed by atoms with E-state index in [4.69, 9.17) is 11.6 Å². The molecule has 0 unspecified atom stereocenters. The summed E-state index contributed by atoms with van der Waals surface area (Å²) in [5, 5.41) is 7.56. The van der Waals surface area contributed by atoms with Crippen LogP contribution in [0.25, 0.3) is 0 Å². The molecule has 0 aliphatic carbocycles. The molecular weight excluding hydrogens is 330 g/mol. The normalized spacial score (nSPS) is 10.5. The topological polar surface area (TPSA) is 46.9 Å². The first kappa shape index (κ1) is 14.1. The minimum atomic E-state index is -0.211. The maximum absolute atomic E-state index is 12.3. The molecule has 1 aromatic heterocycles. The Bertz CT molecular complexity index is 624. The van der Waals surface area contributed by atoms with Crippen LogP contribution in [-0.2, 0) is 6.54 Å². The molecule has 0 spiro atoms. The summed E-state index contributed by atoms with van der Waals surface area (Å²) in [6.07, 6.45) is 1.61. The molecule has 6 heteroatoms. The minimum Gasteiger partial charge on any atom is -0.320 e. The van der Waals surface area contributed by atoms with Gasteiger partial charge in [-0.1, -0.05) is 17.7 Å². The van der Waals surface area contributed by atoms with Crippen molar-refractivity contribution in [2.75, 3.05) is 5.32 Å². The zero-order chi connectivity index (χ0) is 14.0. The molecule has 2 aromatic rings. The highest BCUT2D eigenvalue weighted by Crippen LogP contribution is 2.22. The van der Waals surface area contributed by atoms with Crippen LogP contribution in [0.2, 0.25) is 5.02 Å². The maximum Gasteiger partial charge on any atom is 0.275 e. The summed E-state index contributed by atoms with van der Waals surface area (Å²) in [6, 6.07) is 5.39. The lowest BCUT2D eigenvalue weighted by Crippen LogP contribution is -2.18. The number of carbonyl (C=O) groups excluding carboxylic acids is 1. The van der Waals surface area contributed by atoms with Gasteiger partial charge in [-0.15, -0.1) is 0 Å². The second-order valence-electron chi connectivity index (χ2n) is 4.07. The zero-order valence-electron chi connectivity index (χ0n) is 10.6. The van der Waals surface area contributed by atoms with Crippen LogP contribution >= 0.6 is 27.5 Å². The first-order valence-electron chi connectivity index (χ1n) is 5.81. The first-order valence-corrected chi connectivity index (χ1v) is 6.98. The van der Waals surface area contributed by atoms with E-state index in [0.717, 1.165) is 5.56 Å². The third-order valence-corrected chi connectivity index (χ3v) is 3.57. The summed E-state index contributed by atoms with van der Waals surface area (Å²) >= 11 is 9.27. The average Bonchev–Trinajstić information content (AvgIpc) is 2.75. The molecule has 0 aliphatic heterocycles. The molecule has 1 N–H and O–H groups in total. The molecule has 1 heterocycles. The van der Waals surface area contributed by atoms with Gasteiger partial charge in [-0.25, -0.2) is 0 Å². The molecule has 19 heavy (non-hydrogen) atoms. The molecule has 100 valence electrons.